The van der Waals surface area contributed by atoms with Crippen LogP contribution in [0.3, 0.4) is 0 Å². The third-order valence-electron chi connectivity index (χ3n) is 2.69. The molecule has 0 aliphatic rings. The first-order valence-electron chi connectivity index (χ1n) is 5.57. The maximum atomic E-state index is 11.0. The molecule has 0 unspecified atom stereocenters. The third kappa shape index (κ3) is 2.12. The molecule has 2 heterocycles. The fourth-order valence-electron chi connectivity index (χ4n) is 1.84. The quantitative estimate of drug-likeness (QED) is 0.758. The van der Waals surface area contributed by atoms with E-state index in [1.807, 2.05) is 35.7 Å². The Morgan fingerprint density at radius 3 is 3.00 bits per heavy atom. The Bertz CT molecular complexity index is 727. The number of nitrogens with zero attached hydrogens (tertiary/aromatic N) is 1. The molecule has 90 valence electrons. The van der Waals surface area contributed by atoms with Crippen molar-refractivity contribution in [1.29, 1.82) is 0 Å². The van der Waals surface area contributed by atoms with E-state index in [4.69, 9.17) is 0 Å². The van der Waals surface area contributed by atoms with Crippen LogP contribution in [0, 0.1) is 0 Å². The zero-order chi connectivity index (χ0) is 12.4. The van der Waals surface area contributed by atoms with Crippen LogP contribution in [-0.2, 0) is 6.54 Å². The van der Waals surface area contributed by atoms with E-state index < -0.39 is 0 Å². The molecule has 0 amide bonds. The van der Waals surface area contributed by atoms with Crippen molar-refractivity contribution < 1.29 is 0 Å². The SMILES string of the molecule is O=c1[nH]c(CNc2ccnc3ccccc23)cs1. The highest BCUT2D eigenvalue weighted by atomic mass is 32.1. The lowest BCUT2D eigenvalue weighted by Gasteiger charge is -2.07. The summed E-state index contributed by atoms with van der Waals surface area (Å²) in [6.45, 7) is 0.604. The van der Waals surface area contributed by atoms with Crippen LogP contribution in [0.25, 0.3) is 10.9 Å². The van der Waals surface area contributed by atoms with Gasteiger partial charge in [0.25, 0.3) is 0 Å². The number of hydrogen-bond donors (Lipinski definition) is 2. The molecule has 0 fully saturated rings. The van der Waals surface area contributed by atoms with Crippen molar-refractivity contribution in [2.45, 2.75) is 6.54 Å². The number of anilines is 1. The smallest absolute Gasteiger partial charge is 0.304 e. The molecule has 1 aromatic carbocycles. The second-order valence-corrected chi connectivity index (χ2v) is 4.74. The van der Waals surface area contributed by atoms with Crippen molar-refractivity contribution in [1.82, 2.24) is 9.97 Å². The summed E-state index contributed by atoms with van der Waals surface area (Å²) in [6.07, 6.45) is 1.78. The van der Waals surface area contributed by atoms with E-state index in [2.05, 4.69) is 15.3 Å². The predicted octanol–water partition coefficient (Wildman–Crippen LogP) is 2.60. The van der Waals surface area contributed by atoms with E-state index in [-0.39, 0.29) is 4.87 Å². The van der Waals surface area contributed by atoms with Gasteiger partial charge in [0.15, 0.2) is 0 Å². The summed E-state index contributed by atoms with van der Waals surface area (Å²) in [4.78, 5) is 18.1. The van der Waals surface area contributed by atoms with Crippen molar-refractivity contribution >= 4 is 27.9 Å². The molecule has 0 saturated heterocycles. The van der Waals surface area contributed by atoms with E-state index >= 15 is 0 Å². The van der Waals surface area contributed by atoms with Crippen LogP contribution in [0.1, 0.15) is 5.69 Å². The lowest BCUT2D eigenvalue weighted by molar-refractivity contribution is 1.06. The second-order valence-electron chi connectivity index (χ2n) is 3.90. The highest BCUT2D eigenvalue weighted by molar-refractivity contribution is 7.07. The van der Waals surface area contributed by atoms with Crippen LogP contribution in [-0.4, -0.2) is 9.97 Å². The van der Waals surface area contributed by atoms with Gasteiger partial charge in [0, 0.05) is 28.3 Å². The molecule has 0 aliphatic carbocycles. The Hall–Kier alpha value is -2.14. The van der Waals surface area contributed by atoms with E-state index in [9.17, 15) is 4.79 Å². The first-order chi connectivity index (χ1) is 8.83. The average molecular weight is 257 g/mol. The number of benzene rings is 1. The summed E-state index contributed by atoms with van der Waals surface area (Å²) in [5.41, 5.74) is 2.87. The van der Waals surface area contributed by atoms with E-state index in [0.29, 0.717) is 6.54 Å². The number of nitrogens with one attached hydrogen (secondary N) is 2. The summed E-state index contributed by atoms with van der Waals surface area (Å²) in [5.74, 6) is 0. The zero-order valence-electron chi connectivity index (χ0n) is 9.51. The van der Waals surface area contributed by atoms with Crippen LogP contribution in [0.5, 0.6) is 0 Å². The summed E-state index contributed by atoms with van der Waals surface area (Å²) in [5, 5.41) is 6.23. The van der Waals surface area contributed by atoms with Gasteiger partial charge in [-0.25, -0.2) is 0 Å². The van der Waals surface area contributed by atoms with Gasteiger partial charge >= 0.3 is 4.87 Å². The lowest BCUT2D eigenvalue weighted by atomic mass is 10.2. The van der Waals surface area contributed by atoms with E-state index in [0.717, 1.165) is 22.3 Å². The molecular formula is C13H11N3OS. The van der Waals surface area contributed by atoms with Gasteiger partial charge in [0.1, 0.15) is 0 Å². The second kappa shape index (κ2) is 4.62. The van der Waals surface area contributed by atoms with Gasteiger partial charge in [-0.2, -0.15) is 0 Å². The van der Waals surface area contributed by atoms with Crippen molar-refractivity contribution in [3.05, 3.63) is 57.3 Å². The first-order valence-corrected chi connectivity index (χ1v) is 6.45. The Kier molecular flexibility index (Phi) is 2.82. The molecular weight excluding hydrogens is 246 g/mol. The topological polar surface area (TPSA) is 57.8 Å². The Balaban J connectivity index is 1.88. The number of hydrogen-bond acceptors (Lipinski definition) is 4. The van der Waals surface area contributed by atoms with Gasteiger partial charge in [-0.1, -0.05) is 29.5 Å². The van der Waals surface area contributed by atoms with Crippen molar-refractivity contribution in [2.75, 3.05) is 5.32 Å². The summed E-state index contributed by atoms with van der Waals surface area (Å²) in [7, 11) is 0. The van der Waals surface area contributed by atoms with Gasteiger partial charge in [-0.3, -0.25) is 9.78 Å². The van der Waals surface area contributed by atoms with E-state index in [1.54, 1.807) is 6.20 Å². The minimum Gasteiger partial charge on any atom is -0.379 e. The van der Waals surface area contributed by atoms with Crippen molar-refractivity contribution in [3.8, 4) is 0 Å². The molecule has 3 aromatic rings. The summed E-state index contributed by atoms with van der Waals surface area (Å²) >= 11 is 1.18. The molecule has 0 radical (unpaired) electrons. The van der Waals surface area contributed by atoms with Gasteiger partial charge in [0.2, 0.25) is 0 Å². The standard InChI is InChI=1S/C13H11N3OS/c17-13-16-9(8-18-13)7-15-12-5-6-14-11-4-2-1-3-10(11)12/h1-6,8H,7H2,(H,14,15)(H,16,17). The number of pyridine rings is 1. The van der Waals surface area contributed by atoms with Crippen molar-refractivity contribution in [3.63, 3.8) is 0 Å². The Morgan fingerprint density at radius 2 is 2.17 bits per heavy atom. The molecule has 0 saturated carbocycles. The Morgan fingerprint density at radius 1 is 1.28 bits per heavy atom. The number of para-hydroxylation sites is 1. The molecule has 3 rings (SSSR count). The monoisotopic (exact) mass is 257 g/mol. The summed E-state index contributed by atoms with van der Waals surface area (Å²) in [6, 6.07) is 9.90. The highest BCUT2D eigenvalue weighted by Gasteiger charge is 2.01. The van der Waals surface area contributed by atoms with E-state index in [1.165, 1.54) is 11.3 Å². The molecule has 0 bridgehead atoms. The van der Waals surface area contributed by atoms with Crippen LogP contribution in [0.2, 0.25) is 0 Å². The van der Waals surface area contributed by atoms with Crippen molar-refractivity contribution in [2.24, 2.45) is 0 Å². The largest absolute Gasteiger partial charge is 0.379 e. The predicted molar refractivity (Wildman–Crippen MR) is 74.0 cm³/mol. The average Bonchev–Trinajstić information content (AvgIpc) is 2.82. The molecule has 5 heteroatoms. The molecule has 4 nitrogen and oxygen atoms in total. The van der Waals surface area contributed by atoms with Gasteiger partial charge in [0.05, 0.1) is 12.1 Å². The number of aromatic amines is 1. The maximum absolute atomic E-state index is 11.0. The highest BCUT2D eigenvalue weighted by Crippen LogP contribution is 2.21. The molecule has 0 aliphatic heterocycles. The number of H-pyrrole nitrogens is 1. The first kappa shape index (κ1) is 11.0. The van der Waals surface area contributed by atoms with Crippen LogP contribution >= 0.6 is 11.3 Å². The van der Waals surface area contributed by atoms with Gasteiger partial charge in [-0.05, 0) is 12.1 Å². The van der Waals surface area contributed by atoms with Gasteiger partial charge < -0.3 is 10.3 Å². The summed E-state index contributed by atoms with van der Waals surface area (Å²) < 4.78 is 0. The van der Waals surface area contributed by atoms with Crippen LogP contribution < -0.4 is 10.2 Å². The molecule has 18 heavy (non-hydrogen) atoms. The zero-order valence-corrected chi connectivity index (χ0v) is 10.3. The maximum Gasteiger partial charge on any atom is 0.304 e. The van der Waals surface area contributed by atoms with Gasteiger partial charge in [-0.15, -0.1) is 0 Å². The molecule has 0 spiro atoms. The Labute approximate surface area is 107 Å². The number of rotatable bonds is 3. The molecule has 2 N–H and O–H groups in total. The minimum atomic E-state index is -0.0219. The number of thiazole rings is 1. The lowest BCUT2D eigenvalue weighted by Crippen LogP contribution is -2.03. The number of fused-ring (bicyclic) bond motifs is 1. The van der Waals surface area contributed by atoms with Crippen LogP contribution in [0.4, 0.5) is 5.69 Å². The van der Waals surface area contributed by atoms with Crippen LogP contribution in [0.15, 0.2) is 46.7 Å². The normalized spacial score (nSPS) is 10.7. The fourth-order valence-corrected chi connectivity index (χ4v) is 2.42. The molecule has 2 aromatic heterocycles. The molecule has 0 atom stereocenters. The third-order valence-corrected chi connectivity index (χ3v) is 3.41. The number of aromatic nitrogens is 2. The minimum absolute atomic E-state index is 0.0219. The fraction of sp³-hybridized carbons (Fsp3) is 0.0769.